The van der Waals surface area contributed by atoms with Crippen molar-refractivity contribution < 1.29 is 58.6 Å². The fraction of sp³-hybridized carbons (Fsp3) is 0.208. The fourth-order valence-corrected chi connectivity index (χ4v) is 4.03. The van der Waals surface area contributed by atoms with Gasteiger partial charge in [-0.25, -0.2) is 4.39 Å². The number of amides is 2. The maximum atomic E-state index is 14.6. The van der Waals surface area contributed by atoms with Crippen molar-refractivity contribution >= 4 is 39.1 Å². The molecule has 0 saturated heterocycles. The quantitative estimate of drug-likeness (QED) is 0.249. The number of nitrogens with zero attached hydrogens (tertiary/aromatic N) is 1. The third-order valence-electron chi connectivity index (χ3n) is 5.34. The molecule has 2 aromatic carbocycles. The molecule has 0 saturated carbocycles. The Morgan fingerprint density at radius 1 is 0.902 bits per heavy atom. The molecule has 0 unspecified atom stereocenters. The molecular weight excluding hydrogens is 645 g/mol. The van der Waals surface area contributed by atoms with E-state index in [0.29, 0.717) is 0 Å². The Balaban J connectivity index is 2.05. The molecule has 1 heterocycles. The summed E-state index contributed by atoms with van der Waals surface area (Å²) in [6.45, 7) is -3.81. The Hall–Kier alpha value is -4.02. The van der Waals surface area contributed by atoms with Gasteiger partial charge in [-0.2, -0.15) is 35.1 Å². The van der Waals surface area contributed by atoms with E-state index in [-0.39, 0.29) is 34.7 Å². The summed E-state index contributed by atoms with van der Waals surface area (Å²) >= 11 is 2.59. The van der Waals surface area contributed by atoms with Gasteiger partial charge in [0.05, 0.1) is 24.0 Å². The number of hydrogen-bond acceptors (Lipinski definition) is 5. The molecule has 1 aromatic heterocycles. The molecule has 3 aromatic rings. The highest BCUT2D eigenvalue weighted by Gasteiger charge is 2.73. The van der Waals surface area contributed by atoms with Crippen LogP contribution in [0.4, 0.5) is 50.9 Å². The van der Waals surface area contributed by atoms with Gasteiger partial charge in [0.15, 0.2) is 11.5 Å². The van der Waals surface area contributed by atoms with Crippen LogP contribution in [-0.2, 0) is 5.67 Å². The third-order valence-corrected chi connectivity index (χ3v) is 5.97. The number of anilines is 2. The van der Waals surface area contributed by atoms with Crippen molar-refractivity contribution in [3.8, 4) is 11.5 Å². The molecule has 0 atom stereocenters. The molecule has 0 aliphatic heterocycles. The predicted molar refractivity (Wildman–Crippen MR) is 129 cm³/mol. The molecule has 0 bridgehead atoms. The zero-order valence-corrected chi connectivity index (χ0v) is 21.7. The van der Waals surface area contributed by atoms with E-state index in [2.05, 4.69) is 31.0 Å². The first-order chi connectivity index (χ1) is 19.0. The van der Waals surface area contributed by atoms with E-state index in [0.717, 1.165) is 13.2 Å². The molecule has 17 heteroatoms. The number of pyridine rings is 1. The Kier molecular flexibility index (Phi) is 9.10. The fourth-order valence-electron chi connectivity index (χ4n) is 3.49. The van der Waals surface area contributed by atoms with E-state index < -0.39 is 57.9 Å². The number of rotatable bonds is 8. The molecule has 0 spiro atoms. The van der Waals surface area contributed by atoms with Crippen LogP contribution in [-0.4, -0.2) is 42.9 Å². The molecule has 3 rings (SSSR count). The molecule has 220 valence electrons. The van der Waals surface area contributed by atoms with Gasteiger partial charge in [0.1, 0.15) is 0 Å². The van der Waals surface area contributed by atoms with Crippen molar-refractivity contribution in [2.75, 3.05) is 17.7 Å². The van der Waals surface area contributed by atoms with Gasteiger partial charge in [-0.1, -0.05) is 6.07 Å². The topological polar surface area (TPSA) is 89.5 Å². The van der Waals surface area contributed by atoms with Crippen molar-refractivity contribution in [1.29, 1.82) is 0 Å². The lowest BCUT2D eigenvalue weighted by Crippen LogP contribution is -2.50. The summed E-state index contributed by atoms with van der Waals surface area (Å²) in [5.74, 6) is -3.51. The van der Waals surface area contributed by atoms with E-state index in [1.54, 1.807) is 0 Å². The zero-order chi connectivity index (χ0) is 30.8. The second-order valence-corrected chi connectivity index (χ2v) is 8.75. The van der Waals surface area contributed by atoms with Gasteiger partial charge in [-0.05, 0) is 52.3 Å². The van der Waals surface area contributed by atoms with Crippen molar-refractivity contribution in [3.63, 3.8) is 0 Å². The summed E-state index contributed by atoms with van der Waals surface area (Å²) in [6, 6.07) is 6.28. The van der Waals surface area contributed by atoms with Gasteiger partial charge in [0, 0.05) is 28.0 Å². The van der Waals surface area contributed by atoms with Crippen LogP contribution in [0.5, 0.6) is 11.5 Å². The van der Waals surface area contributed by atoms with E-state index in [1.165, 1.54) is 36.7 Å². The maximum absolute atomic E-state index is 14.6. The SMILES string of the molecule is COc1c(NC(=O)c2ccncc2)cccc1C(=O)Nc1c(Br)cc(C(F)(C(F)(F)F)C(F)(F)F)cc1OC(F)F. The molecule has 0 radical (unpaired) electrons. The van der Waals surface area contributed by atoms with E-state index in [1.807, 2.05) is 5.32 Å². The second kappa shape index (κ2) is 11.8. The molecule has 0 aliphatic carbocycles. The van der Waals surface area contributed by atoms with Crippen LogP contribution in [0, 0.1) is 0 Å². The lowest BCUT2D eigenvalue weighted by atomic mass is 9.93. The van der Waals surface area contributed by atoms with Crippen molar-refractivity contribution in [2.24, 2.45) is 0 Å². The first-order valence-electron chi connectivity index (χ1n) is 10.8. The summed E-state index contributed by atoms with van der Waals surface area (Å²) in [5.41, 5.74) is -9.20. The largest absolute Gasteiger partial charge is 0.494 e. The van der Waals surface area contributed by atoms with Gasteiger partial charge in [-0.3, -0.25) is 14.6 Å². The Morgan fingerprint density at radius 2 is 1.51 bits per heavy atom. The van der Waals surface area contributed by atoms with Crippen LogP contribution in [0.1, 0.15) is 26.3 Å². The number of benzene rings is 2. The Morgan fingerprint density at radius 3 is 2.05 bits per heavy atom. The van der Waals surface area contributed by atoms with Gasteiger partial charge in [-0.15, -0.1) is 0 Å². The van der Waals surface area contributed by atoms with E-state index >= 15 is 0 Å². The first kappa shape index (κ1) is 31.5. The molecule has 0 aliphatic rings. The summed E-state index contributed by atoms with van der Waals surface area (Å²) in [7, 11) is 1.11. The Bertz CT molecular complexity index is 1420. The van der Waals surface area contributed by atoms with Gasteiger partial charge in [0.2, 0.25) is 0 Å². The molecule has 2 amide bonds. The van der Waals surface area contributed by atoms with Crippen LogP contribution < -0.4 is 20.1 Å². The monoisotopic (exact) mass is 659 g/mol. The number of hydrogen-bond donors (Lipinski definition) is 2. The number of aromatic nitrogens is 1. The van der Waals surface area contributed by atoms with E-state index in [4.69, 9.17) is 4.74 Å². The third kappa shape index (κ3) is 6.49. The number of carbonyl (C=O) groups is 2. The van der Waals surface area contributed by atoms with Gasteiger partial charge in [0.25, 0.3) is 11.8 Å². The van der Waals surface area contributed by atoms with Crippen LogP contribution in [0.3, 0.4) is 0 Å². The zero-order valence-electron chi connectivity index (χ0n) is 20.1. The number of ether oxygens (including phenoxy) is 2. The number of halogens is 10. The second-order valence-electron chi connectivity index (χ2n) is 7.89. The minimum atomic E-state index is -6.55. The van der Waals surface area contributed by atoms with Crippen molar-refractivity contribution in [2.45, 2.75) is 24.6 Å². The van der Waals surface area contributed by atoms with E-state index in [9.17, 15) is 49.1 Å². The highest BCUT2D eigenvalue weighted by molar-refractivity contribution is 9.10. The van der Waals surface area contributed by atoms with Crippen molar-refractivity contribution in [1.82, 2.24) is 4.98 Å². The van der Waals surface area contributed by atoms with Crippen LogP contribution in [0.15, 0.2) is 59.3 Å². The minimum Gasteiger partial charge on any atom is -0.494 e. The average molecular weight is 660 g/mol. The van der Waals surface area contributed by atoms with Crippen LogP contribution in [0.25, 0.3) is 0 Å². The maximum Gasteiger partial charge on any atom is 0.435 e. The van der Waals surface area contributed by atoms with Crippen molar-refractivity contribution in [3.05, 3.63) is 76.0 Å². The van der Waals surface area contributed by atoms with Gasteiger partial charge >= 0.3 is 24.6 Å². The highest BCUT2D eigenvalue weighted by Crippen LogP contribution is 2.55. The molecule has 2 N–H and O–H groups in total. The molecular formula is C24H15BrF9N3O4. The number of methoxy groups -OCH3 is 1. The number of nitrogens with one attached hydrogen (secondary N) is 2. The highest BCUT2D eigenvalue weighted by atomic mass is 79.9. The Labute approximate surface area is 232 Å². The summed E-state index contributed by atoms with van der Waals surface area (Å²) in [6.07, 6.45) is -10.4. The summed E-state index contributed by atoms with van der Waals surface area (Å²) in [4.78, 5) is 29.4. The van der Waals surface area contributed by atoms with Gasteiger partial charge < -0.3 is 20.1 Å². The smallest absolute Gasteiger partial charge is 0.435 e. The van der Waals surface area contributed by atoms with Crippen LogP contribution >= 0.6 is 15.9 Å². The predicted octanol–water partition coefficient (Wildman–Crippen LogP) is 7.25. The minimum absolute atomic E-state index is 0.0114. The number of alkyl halides is 9. The molecule has 0 fully saturated rings. The number of para-hydroxylation sites is 1. The van der Waals surface area contributed by atoms with Crippen LogP contribution in [0.2, 0.25) is 0 Å². The summed E-state index contributed by atoms with van der Waals surface area (Å²) < 4.78 is 129. The average Bonchev–Trinajstić information content (AvgIpc) is 2.88. The molecule has 7 nitrogen and oxygen atoms in total. The standard InChI is InChI=1S/C24H15BrF9N3O4/c1-40-18-13(3-2-4-15(18)36-19(38)11-5-7-35-8-6-11)20(39)37-17-14(25)9-12(10-16(17)41-21(26)27)22(28,23(29,30)31)24(32,33)34/h2-10,21H,1H3,(H,36,38)(H,37,39). The normalized spacial score (nSPS) is 12.2. The summed E-state index contributed by atoms with van der Waals surface area (Å²) in [5, 5.41) is 4.49. The molecule has 41 heavy (non-hydrogen) atoms. The first-order valence-corrected chi connectivity index (χ1v) is 11.6. The lowest BCUT2D eigenvalue weighted by molar-refractivity contribution is -0.348. The number of carbonyl (C=O) groups excluding carboxylic acids is 2. The lowest BCUT2D eigenvalue weighted by Gasteiger charge is -2.31.